The molecule has 0 aliphatic carbocycles. The standard InChI is InChI=1S/C20H30N2O2/c1-14(2)24-13-17(23)12-22-10-8-16(9-11-22)20-15(3)21-19-7-5-4-6-18(19)20/h4-7,14,16-17,21,23H,8-13H2,1-3H3. The van der Waals surface area contributed by atoms with Gasteiger partial charge in [-0.05, 0) is 64.3 Å². The molecule has 2 N–H and O–H groups in total. The zero-order chi connectivity index (χ0) is 17.1. The number of nitrogens with zero attached hydrogens (tertiary/aromatic N) is 1. The highest BCUT2D eigenvalue weighted by molar-refractivity contribution is 5.85. The van der Waals surface area contributed by atoms with E-state index < -0.39 is 6.10 Å². The predicted molar refractivity (Wildman–Crippen MR) is 98.5 cm³/mol. The van der Waals surface area contributed by atoms with E-state index in [1.807, 2.05) is 13.8 Å². The van der Waals surface area contributed by atoms with Crippen LogP contribution in [0.25, 0.3) is 10.9 Å². The van der Waals surface area contributed by atoms with Crippen LogP contribution >= 0.6 is 0 Å². The topological polar surface area (TPSA) is 48.5 Å². The molecule has 1 atom stereocenters. The zero-order valence-electron chi connectivity index (χ0n) is 15.1. The largest absolute Gasteiger partial charge is 0.389 e. The average molecular weight is 330 g/mol. The van der Waals surface area contributed by atoms with Crippen molar-refractivity contribution in [1.82, 2.24) is 9.88 Å². The first kappa shape index (κ1) is 17.5. The maximum atomic E-state index is 10.1. The molecule has 1 fully saturated rings. The molecule has 4 heteroatoms. The third-order valence-corrected chi connectivity index (χ3v) is 5.03. The molecular formula is C20H30N2O2. The van der Waals surface area contributed by atoms with E-state index in [4.69, 9.17) is 4.74 Å². The number of aliphatic hydroxyl groups excluding tert-OH is 1. The molecule has 1 aromatic carbocycles. The molecule has 2 heterocycles. The van der Waals surface area contributed by atoms with Gasteiger partial charge in [0.1, 0.15) is 0 Å². The van der Waals surface area contributed by atoms with Crippen LogP contribution in [0.4, 0.5) is 0 Å². The molecule has 0 saturated carbocycles. The number of likely N-dealkylation sites (tertiary alicyclic amines) is 1. The smallest absolute Gasteiger partial charge is 0.0900 e. The van der Waals surface area contributed by atoms with Gasteiger partial charge in [0, 0.05) is 23.1 Å². The average Bonchev–Trinajstić information content (AvgIpc) is 2.89. The molecule has 1 aliphatic rings. The van der Waals surface area contributed by atoms with E-state index in [9.17, 15) is 5.11 Å². The Kier molecular flexibility index (Phi) is 5.59. The maximum Gasteiger partial charge on any atom is 0.0900 e. The van der Waals surface area contributed by atoms with Crippen molar-refractivity contribution in [2.45, 2.75) is 51.7 Å². The molecule has 3 rings (SSSR count). The van der Waals surface area contributed by atoms with Crippen LogP contribution in [-0.4, -0.2) is 53.4 Å². The molecule has 132 valence electrons. The third-order valence-electron chi connectivity index (χ3n) is 5.03. The first-order chi connectivity index (χ1) is 11.5. The fourth-order valence-corrected chi connectivity index (χ4v) is 3.88. The predicted octanol–water partition coefficient (Wildman–Crippen LogP) is 3.44. The van der Waals surface area contributed by atoms with E-state index in [1.165, 1.54) is 22.2 Å². The lowest BCUT2D eigenvalue weighted by Crippen LogP contribution is -2.40. The first-order valence-electron chi connectivity index (χ1n) is 9.13. The number of aryl methyl sites for hydroxylation is 1. The lowest BCUT2D eigenvalue weighted by Gasteiger charge is -2.33. The summed E-state index contributed by atoms with van der Waals surface area (Å²) in [6.45, 7) is 9.42. The van der Waals surface area contributed by atoms with Crippen molar-refractivity contribution in [2.24, 2.45) is 0 Å². The Morgan fingerprint density at radius 3 is 2.67 bits per heavy atom. The summed E-state index contributed by atoms with van der Waals surface area (Å²) in [7, 11) is 0. The highest BCUT2D eigenvalue weighted by atomic mass is 16.5. The number of piperidine rings is 1. The molecule has 4 nitrogen and oxygen atoms in total. The summed E-state index contributed by atoms with van der Waals surface area (Å²) in [4.78, 5) is 5.89. The number of fused-ring (bicyclic) bond motifs is 1. The summed E-state index contributed by atoms with van der Waals surface area (Å²) in [6, 6.07) is 8.60. The van der Waals surface area contributed by atoms with Crippen LogP contribution in [0, 0.1) is 6.92 Å². The number of ether oxygens (including phenoxy) is 1. The monoisotopic (exact) mass is 330 g/mol. The fourth-order valence-electron chi connectivity index (χ4n) is 3.88. The summed E-state index contributed by atoms with van der Waals surface area (Å²) in [5.41, 5.74) is 4.04. The summed E-state index contributed by atoms with van der Waals surface area (Å²) < 4.78 is 5.51. The minimum absolute atomic E-state index is 0.176. The van der Waals surface area contributed by atoms with Gasteiger partial charge in [0.05, 0.1) is 18.8 Å². The Balaban J connectivity index is 1.58. The van der Waals surface area contributed by atoms with Gasteiger partial charge in [-0.2, -0.15) is 0 Å². The Labute approximate surface area is 144 Å². The minimum atomic E-state index is -0.390. The van der Waals surface area contributed by atoms with E-state index in [1.54, 1.807) is 0 Å². The van der Waals surface area contributed by atoms with Gasteiger partial charge in [-0.25, -0.2) is 0 Å². The number of nitrogens with one attached hydrogen (secondary N) is 1. The van der Waals surface area contributed by atoms with Crippen molar-refractivity contribution >= 4 is 10.9 Å². The molecule has 0 amide bonds. The Morgan fingerprint density at radius 1 is 1.25 bits per heavy atom. The summed E-state index contributed by atoms with van der Waals surface area (Å²) in [5.74, 6) is 0.612. The number of hydrogen-bond acceptors (Lipinski definition) is 3. The van der Waals surface area contributed by atoms with Gasteiger partial charge in [-0.15, -0.1) is 0 Å². The number of aromatic nitrogens is 1. The molecular weight excluding hydrogens is 300 g/mol. The Bertz CT molecular complexity index is 657. The molecule has 1 unspecified atom stereocenters. The summed E-state index contributed by atoms with van der Waals surface area (Å²) in [6.07, 6.45) is 2.09. The van der Waals surface area contributed by atoms with E-state index in [-0.39, 0.29) is 6.10 Å². The molecule has 1 aromatic heterocycles. The molecule has 0 spiro atoms. The van der Waals surface area contributed by atoms with Crippen molar-refractivity contribution in [3.8, 4) is 0 Å². The molecule has 0 bridgehead atoms. The van der Waals surface area contributed by atoms with Crippen LogP contribution in [0.2, 0.25) is 0 Å². The second-order valence-electron chi connectivity index (χ2n) is 7.32. The molecule has 0 radical (unpaired) electrons. The van der Waals surface area contributed by atoms with Gasteiger partial charge in [-0.1, -0.05) is 18.2 Å². The highest BCUT2D eigenvalue weighted by Gasteiger charge is 2.25. The second-order valence-corrected chi connectivity index (χ2v) is 7.32. The fraction of sp³-hybridized carbons (Fsp3) is 0.600. The Morgan fingerprint density at radius 2 is 1.96 bits per heavy atom. The van der Waals surface area contributed by atoms with Crippen LogP contribution in [0.15, 0.2) is 24.3 Å². The SMILES string of the molecule is Cc1[nH]c2ccccc2c1C1CCN(CC(O)COC(C)C)CC1. The van der Waals surface area contributed by atoms with Gasteiger partial charge < -0.3 is 19.7 Å². The number of benzene rings is 1. The van der Waals surface area contributed by atoms with Gasteiger partial charge in [0.25, 0.3) is 0 Å². The molecule has 1 saturated heterocycles. The lowest BCUT2D eigenvalue weighted by molar-refractivity contribution is -0.0111. The van der Waals surface area contributed by atoms with Crippen LogP contribution < -0.4 is 0 Å². The number of rotatable bonds is 6. The minimum Gasteiger partial charge on any atom is -0.389 e. The molecule has 1 aliphatic heterocycles. The van der Waals surface area contributed by atoms with Crippen molar-refractivity contribution in [1.29, 1.82) is 0 Å². The number of β-amino-alcohol motifs (C(OH)–C–C–N with tert-alkyl or cyclic N) is 1. The molecule has 24 heavy (non-hydrogen) atoms. The van der Waals surface area contributed by atoms with Crippen molar-refractivity contribution in [3.63, 3.8) is 0 Å². The summed E-state index contributed by atoms with van der Waals surface area (Å²) in [5, 5.41) is 11.5. The van der Waals surface area contributed by atoms with E-state index >= 15 is 0 Å². The first-order valence-corrected chi connectivity index (χ1v) is 9.13. The normalized spacial score (nSPS) is 18.5. The van der Waals surface area contributed by atoms with Crippen molar-refractivity contribution in [3.05, 3.63) is 35.5 Å². The number of H-pyrrole nitrogens is 1. The van der Waals surface area contributed by atoms with Gasteiger partial charge >= 0.3 is 0 Å². The Hall–Kier alpha value is -1.36. The van der Waals surface area contributed by atoms with Crippen LogP contribution in [0.5, 0.6) is 0 Å². The maximum absolute atomic E-state index is 10.1. The van der Waals surface area contributed by atoms with Crippen LogP contribution in [-0.2, 0) is 4.74 Å². The van der Waals surface area contributed by atoms with Crippen molar-refractivity contribution in [2.75, 3.05) is 26.2 Å². The molecule has 2 aromatic rings. The quantitative estimate of drug-likeness (QED) is 0.853. The number of aromatic amines is 1. The van der Waals surface area contributed by atoms with Gasteiger partial charge in [0.15, 0.2) is 0 Å². The number of aliphatic hydroxyl groups is 1. The third kappa shape index (κ3) is 4.00. The van der Waals surface area contributed by atoms with E-state index in [0.29, 0.717) is 19.1 Å². The van der Waals surface area contributed by atoms with Crippen LogP contribution in [0.3, 0.4) is 0 Å². The van der Waals surface area contributed by atoms with Crippen LogP contribution in [0.1, 0.15) is 43.9 Å². The van der Waals surface area contributed by atoms with Crippen molar-refractivity contribution < 1.29 is 9.84 Å². The number of hydrogen-bond donors (Lipinski definition) is 2. The van der Waals surface area contributed by atoms with Gasteiger partial charge in [0.2, 0.25) is 0 Å². The van der Waals surface area contributed by atoms with Gasteiger partial charge in [-0.3, -0.25) is 0 Å². The number of para-hydroxylation sites is 1. The van der Waals surface area contributed by atoms with E-state index in [0.717, 1.165) is 25.9 Å². The zero-order valence-corrected chi connectivity index (χ0v) is 15.1. The van der Waals surface area contributed by atoms with E-state index in [2.05, 4.69) is 41.1 Å². The lowest BCUT2D eigenvalue weighted by atomic mass is 9.87. The second kappa shape index (κ2) is 7.68. The summed E-state index contributed by atoms with van der Waals surface area (Å²) >= 11 is 0. The highest BCUT2D eigenvalue weighted by Crippen LogP contribution is 2.35.